The van der Waals surface area contributed by atoms with Gasteiger partial charge in [0.05, 0.1) is 0 Å². The van der Waals surface area contributed by atoms with Gasteiger partial charge in [-0.3, -0.25) is 0 Å². The van der Waals surface area contributed by atoms with Crippen LogP contribution in [0.4, 0.5) is 22.7 Å². The molecule has 2 heteroatoms. The largest absolute Gasteiger partial charge is 0.399 e. The number of benzene rings is 4. The van der Waals surface area contributed by atoms with Gasteiger partial charge in [0.15, 0.2) is 0 Å². The summed E-state index contributed by atoms with van der Waals surface area (Å²) < 4.78 is 0. The van der Waals surface area contributed by atoms with Gasteiger partial charge >= 0.3 is 0 Å². The summed E-state index contributed by atoms with van der Waals surface area (Å²) in [5.41, 5.74) is 16.2. The lowest BCUT2D eigenvalue weighted by Gasteiger charge is -2.34. The monoisotopic (exact) mass is 460 g/mol. The van der Waals surface area contributed by atoms with Crippen molar-refractivity contribution in [2.75, 3.05) is 10.6 Å². The predicted molar refractivity (Wildman–Crippen MR) is 151 cm³/mol. The fraction of sp³-hybridized carbons (Fsp3) is 0.273. The van der Waals surface area contributed by atoms with Crippen molar-refractivity contribution in [2.45, 2.75) is 57.8 Å². The number of para-hydroxylation sites is 1. The van der Waals surface area contributed by atoms with Crippen molar-refractivity contribution in [3.63, 3.8) is 0 Å². The van der Waals surface area contributed by atoms with E-state index < -0.39 is 0 Å². The van der Waals surface area contributed by atoms with Crippen LogP contribution in [0.2, 0.25) is 0 Å². The van der Waals surface area contributed by atoms with E-state index in [1.807, 2.05) is 12.1 Å². The third-order valence-electron chi connectivity index (χ3n) is 7.59. The van der Waals surface area contributed by atoms with Gasteiger partial charge in [-0.1, -0.05) is 88.1 Å². The molecule has 2 N–H and O–H groups in total. The maximum Gasteiger partial charge on any atom is 0.0465 e. The Hall–Kier alpha value is -3.52. The number of hydrogen-bond donors (Lipinski definition) is 1. The van der Waals surface area contributed by atoms with Crippen molar-refractivity contribution in [2.24, 2.45) is 0 Å². The van der Waals surface area contributed by atoms with E-state index in [2.05, 4.69) is 104 Å². The van der Waals surface area contributed by atoms with Crippen LogP contribution in [0, 0.1) is 0 Å². The second-order valence-electron chi connectivity index (χ2n) is 9.83. The zero-order chi connectivity index (χ0) is 24.3. The molecule has 0 fully saturated rings. The van der Waals surface area contributed by atoms with Crippen LogP contribution in [0.5, 0.6) is 0 Å². The Morgan fingerprint density at radius 1 is 0.600 bits per heavy atom. The Kier molecular flexibility index (Phi) is 6.63. The topological polar surface area (TPSA) is 29.3 Å². The number of hydrogen-bond acceptors (Lipinski definition) is 2. The third-order valence-corrected chi connectivity index (χ3v) is 7.59. The summed E-state index contributed by atoms with van der Waals surface area (Å²) >= 11 is 0. The first kappa shape index (κ1) is 23.2. The van der Waals surface area contributed by atoms with E-state index in [0.717, 1.165) is 17.1 Å². The molecule has 35 heavy (non-hydrogen) atoms. The summed E-state index contributed by atoms with van der Waals surface area (Å²) in [6.45, 7) is 4.62. The van der Waals surface area contributed by atoms with Crippen molar-refractivity contribution in [3.05, 3.63) is 108 Å². The predicted octanol–water partition coefficient (Wildman–Crippen LogP) is 9.39. The molecule has 178 valence electrons. The molecule has 4 aromatic carbocycles. The van der Waals surface area contributed by atoms with Crippen molar-refractivity contribution in [1.29, 1.82) is 0 Å². The van der Waals surface area contributed by atoms with Crippen molar-refractivity contribution in [1.82, 2.24) is 0 Å². The number of nitrogens with zero attached hydrogens (tertiary/aromatic N) is 1. The fourth-order valence-corrected chi connectivity index (χ4v) is 5.85. The number of anilines is 4. The molecular formula is C33H36N2. The molecular weight excluding hydrogens is 424 g/mol. The van der Waals surface area contributed by atoms with Crippen LogP contribution in [0.1, 0.15) is 63.5 Å². The van der Waals surface area contributed by atoms with Gasteiger partial charge in [0, 0.05) is 28.2 Å². The van der Waals surface area contributed by atoms with Gasteiger partial charge in [0.25, 0.3) is 0 Å². The Bertz CT molecular complexity index is 1270. The summed E-state index contributed by atoms with van der Waals surface area (Å²) in [5, 5.41) is 0. The molecule has 4 aromatic rings. The first-order chi connectivity index (χ1) is 17.2. The van der Waals surface area contributed by atoms with Crippen molar-refractivity contribution >= 4 is 22.7 Å². The maximum absolute atomic E-state index is 6.04. The van der Waals surface area contributed by atoms with E-state index in [-0.39, 0.29) is 5.41 Å². The van der Waals surface area contributed by atoms with E-state index in [9.17, 15) is 0 Å². The SMILES string of the molecule is CCCCC1(CCCC)c2ccccc2-c2ccc(N(c3ccccc3)c3ccc(N)cc3)cc21. The minimum atomic E-state index is 0.0808. The number of nitrogen functional groups attached to an aromatic ring is 1. The van der Waals surface area contributed by atoms with Crippen LogP contribution in [-0.4, -0.2) is 0 Å². The van der Waals surface area contributed by atoms with E-state index in [4.69, 9.17) is 5.73 Å². The zero-order valence-electron chi connectivity index (χ0n) is 21.0. The highest BCUT2D eigenvalue weighted by atomic mass is 15.1. The minimum Gasteiger partial charge on any atom is -0.399 e. The van der Waals surface area contributed by atoms with Crippen molar-refractivity contribution < 1.29 is 0 Å². The standard InChI is InChI=1S/C33H36N2/c1-3-5-22-33(23-6-4-2)31-15-11-10-14-29(31)30-21-20-28(24-32(30)33)35(26-12-8-7-9-13-26)27-18-16-25(34)17-19-27/h7-21,24H,3-6,22-23,34H2,1-2H3. The first-order valence-electron chi connectivity index (χ1n) is 13.1. The number of rotatable bonds is 9. The summed E-state index contributed by atoms with van der Waals surface area (Å²) in [4.78, 5) is 2.35. The lowest BCUT2D eigenvalue weighted by atomic mass is 9.71. The van der Waals surface area contributed by atoms with E-state index >= 15 is 0 Å². The van der Waals surface area contributed by atoms with Gasteiger partial charge in [0.1, 0.15) is 0 Å². The Morgan fingerprint density at radius 3 is 1.86 bits per heavy atom. The fourth-order valence-electron chi connectivity index (χ4n) is 5.85. The van der Waals surface area contributed by atoms with Gasteiger partial charge in [-0.15, -0.1) is 0 Å². The van der Waals surface area contributed by atoms with Crippen LogP contribution in [0.15, 0.2) is 97.1 Å². The molecule has 0 saturated carbocycles. The van der Waals surface area contributed by atoms with E-state index in [1.54, 1.807) is 0 Å². The highest BCUT2D eigenvalue weighted by Gasteiger charge is 2.42. The van der Waals surface area contributed by atoms with E-state index in [1.165, 1.54) is 66.5 Å². The minimum absolute atomic E-state index is 0.0808. The second-order valence-corrected chi connectivity index (χ2v) is 9.83. The van der Waals surface area contributed by atoms with E-state index in [0.29, 0.717) is 0 Å². The van der Waals surface area contributed by atoms with Gasteiger partial charge < -0.3 is 10.6 Å². The maximum atomic E-state index is 6.04. The molecule has 1 aliphatic rings. The Morgan fingerprint density at radius 2 is 1.17 bits per heavy atom. The second kappa shape index (κ2) is 10.00. The molecule has 0 bridgehead atoms. The molecule has 0 aromatic heterocycles. The van der Waals surface area contributed by atoms with Gasteiger partial charge in [-0.05, 0) is 83.6 Å². The molecule has 0 spiro atoms. The average Bonchev–Trinajstić information content (AvgIpc) is 3.17. The number of nitrogens with two attached hydrogens (primary N) is 1. The highest BCUT2D eigenvalue weighted by Crippen LogP contribution is 2.55. The molecule has 0 amide bonds. The summed E-state index contributed by atoms with van der Waals surface area (Å²) in [6, 6.07) is 35.1. The molecule has 0 atom stereocenters. The van der Waals surface area contributed by atoms with Crippen LogP contribution in [0.3, 0.4) is 0 Å². The number of unbranched alkanes of at least 4 members (excludes halogenated alkanes) is 2. The van der Waals surface area contributed by atoms with Crippen LogP contribution in [-0.2, 0) is 5.41 Å². The quantitative estimate of drug-likeness (QED) is 0.252. The van der Waals surface area contributed by atoms with Crippen molar-refractivity contribution in [3.8, 4) is 11.1 Å². The third kappa shape index (κ3) is 4.23. The summed E-state index contributed by atoms with van der Waals surface area (Å²) in [5.74, 6) is 0. The lowest BCUT2D eigenvalue weighted by Crippen LogP contribution is -2.25. The smallest absolute Gasteiger partial charge is 0.0465 e. The molecule has 1 aliphatic carbocycles. The normalized spacial score (nSPS) is 13.3. The molecule has 0 saturated heterocycles. The molecule has 0 aliphatic heterocycles. The Labute approximate surface area is 210 Å². The highest BCUT2D eigenvalue weighted by molar-refractivity contribution is 5.86. The Balaban J connectivity index is 1.70. The van der Waals surface area contributed by atoms with Gasteiger partial charge in [0.2, 0.25) is 0 Å². The summed E-state index contributed by atoms with van der Waals surface area (Å²) in [7, 11) is 0. The van der Waals surface area contributed by atoms with Gasteiger partial charge in [-0.25, -0.2) is 0 Å². The van der Waals surface area contributed by atoms with Gasteiger partial charge in [-0.2, -0.15) is 0 Å². The average molecular weight is 461 g/mol. The molecule has 5 rings (SSSR count). The number of fused-ring (bicyclic) bond motifs is 3. The van der Waals surface area contributed by atoms with Crippen LogP contribution >= 0.6 is 0 Å². The molecule has 2 nitrogen and oxygen atoms in total. The zero-order valence-corrected chi connectivity index (χ0v) is 21.0. The molecule has 0 unspecified atom stereocenters. The summed E-state index contributed by atoms with van der Waals surface area (Å²) in [6.07, 6.45) is 7.30. The van der Waals surface area contributed by atoms with Crippen LogP contribution < -0.4 is 10.6 Å². The molecule has 0 heterocycles. The van der Waals surface area contributed by atoms with Crippen LogP contribution in [0.25, 0.3) is 11.1 Å². The molecule has 0 radical (unpaired) electrons. The first-order valence-corrected chi connectivity index (χ1v) is 13.1. The lowest BCUT2D eigenvalue weighted by molar-refractivity contribution is 0.414.